The van der Waals surface area contributed by atoms with E-state index in [-0.39, 0.29) is 10.8 Å². The summed E-state index contributed by atoms with van der Waals surface area (Å²) in [5.74, 6) is 0. The Bertz CT molecular complexity index is 512. The predicted molar refractivity (Wildman–Crippen MR) is 106 cm³/mol. The lowest BCUT2D eigenvalue weighted by molar-refractivity contribution is 0.516. The van der Waals surface area contributed by atoms with Crippen molar-refractivity contribution in [3.8, 4) is 0 Å². The van der Waals surface area contributed by atoms with Gasteiger partial charge in [0.25, 0.3) is 0 Å². The second-order valence-electron chi connectivity index (χ2n) is 7.28. The van der Waals surface area contributed by atoms with Crippen molar-refractivity contribution < 1.29 is 4.55 Å². The van der Waals surface area contributed by atoms with Crippen LogP contribution in [0, 0.1) is 0 Å². The van der Waals surface area contributed by atoms with E-state index in [0.29, 0.717) is 0 Å². The molecule has 1 unspecified atom stereocenters. The topological polar surface area (TPSA) is 35.1 Å². The fraction of sp³-hybridized carbons (Fsp3) is 0.667. The van der Waals surface area contributed by atoms with E-state index in [4.69, 9.17) is 0 Å². The first-order chi connectivity index (χ1) is 10.8. The molecule has 23 heavy (non-hydrogen) atoms. The Morgan fingerprint density at radius 1 is 1.26 bits per heavy atom. The zero-order valence-corrected chi connectivity index (χ0v) is 17.7. The van der Waals surface area contributed by atoms with E-state index in [2.05, 4.69) is 45.8 Å². The molecule has 2 atom stereocenters. The van der Waals surface area contributed by atoms with Gasteiger partial charge in [-0.05, 0) is 58.2 Å². The molecule has 0 amide bonds. The van der Waals surface area contributed by atoms with Crippen LogP contribution in [0.2, 0.25) is 0 Å². The van der Waals surface area contributed by atoms with E-state index in [1.807, 2.05) is 32.5 Å². The number of rotatable bonds is 5. The summed E-state index contributed by atoms with van der Waals surface area (Å²) in [5.41, 5.74) is 1.16. The van der Waals surface area contributed by atoms with Gasteiger partial charge in [-0.15, -0.1) is 16.5 Å². The lowest BCUT2D eigenvalue weighted by atomic mass is 10.0. The average Bonchev–Trinajstić information content (AvgIpc) is 2.47. The molecule has 1 aliphatic carbocycles. The van der Waals surface area contributed by atoms with Gasteiger partial charge < -0.3 is 4.55 Å². The van der Waals surface area contributed by atoms with Crippen LogP contribution in [0.15, 0.2) is 27.6 Å². The van der Waals surface area contributed by atoms with Gasteiger partial charge in [-0.1, -0.05) is 41.3 Å². The lowest BCUT2D eigenvalue weighted by Gasteiger charge is -2.27. The SMILES string of the molecule is C[C@@H](N[S+]([O-])C(C)(C)C)c1ccc(SC2CCCCC2)cc1Br. The molecule has 1 N–H and O–H groups in total. The number of hydrogen-bond donors (Lipinski definition) is 1. The van der Waals surface area contributed by atoms with Crippen molar-refractivity contribution in [3.63, 3.8) is 0 Å². The molecule has 1 saturated carbocycles. The number of thioether (sulfide) groups is 1. The maximum atomic E-state index is 12.3. The molecule has 1 aromatic rings. The van der Waals surface area contributed by atoms with Crippen molar-refractivity contribution in [2.45, 2.75) is 80.7 Å². The highest BCUT2D eigenvalue weighted by Gasteiger charge is 2.28. The van der Waals surface area contributed by atoms with Gasteiger partial charge in [-0.25, -0.2) is 0 Å². The van der Waals surface area contributed by atoms with Crippen molar-refractivity contribution >= 4 is 39.1 Å². The van der Waals surface area contributed by atoms with Crippen molar-refractivity contribution in [3.05, 3.63) is 28.2 Å². The number of hydrogen-bond acceptors (Lipinski definition) is 3. The van der Waals surface area contributed by atoms with E-state index < -0.39 is 11.4 Å². The predicted octanol–water partition coefficient (Wildman–Crippen LogP) is 5.99. The van der Waals surface area contributed by atoms with Crippen LogP contribution >= 0.6 is 27.7 Å². The summed E-state index contributed by atoms with van der Waals surface area (Å²) in [5, 5.41) is 0.769. The van der Waals surface area contributed by atoms with Gasteiger partial charge in [0, 0.05) is 26.0 Å². The maximum absolute atomic E-state index is 12.3. The fourth-order valence-corrected chi connectivity index (χ4v) is 5.67. The lowest BCUT2D eigenvalue weighted by Crippen LogP contribution is -2.40. The summed E-state index contributed by atoms with van der Waals surface area (Å²) < 4.78 is 16.3. The third-order valence-corrected chi connectivity index (χ3v) is 7.83. The fourth-order valence-electron chi connectivity index (χ4n) is 2.71. The van der Waals surface area contributed by atoms with Crippen LogP contribution in [0.25, 0.3) is 0 Å². The Balaban J connectivity index is 2.00. The third kappa shape index (κ3) is 5.96. The number of nitrogens with one attached hydrogen (secondary N) is 1. The van der Waals surface area contributed by atoms with Crippen molar-refractivity contribution in [1.82, 2.24) is 4.72 Å². The molecule has 1 aliphatic rings. The van der Waals surface area contributed by atoms with Gasteiger partial charge in [0.15, 0.2) is 0 Å². The molecule has 0 radical (unpaired) electrons. The molecule has 5 heteroatoms. The zero-order chi connectivity index (χ0) is 17.0. The summed E-state index contributed by atoms with van der Waals surface area (Å²) in [6, 6.07) is 6.63. The van der Waals surface area contributed by atoms with E-state index in [1.165, 1.54) is 37.0 Å². The average molecular weight is 418 g/mol. The first kappa shape index (κ1) is 19.6. The maximum Gasteiger partial charge on any atom is 0.136 e. The first-order valence-corrected chi connectivity index (χ1v) is 11.2. The Kier molecular flexibility index (Phi) is 7.36. The molecular formula is C18H28BrNOS2. The van der Waals surface area contributed by atoms with Crippen LogP contribution in [0.5, 0.6) is 0 Å². The molecular weight excluding hydrogens is 390 g/mol. The van der Waals surface area contributed by atoms with Crippen LogP contribution in [0.1, 0.15) is 71.4 Å². The monoisotopic (exact) mass is 417 g/mol. The van der Waals surface area contributed by atoms with E-state index in [1.54, 1.807) is 0 Å². The molecule has 0 saturated heterocycles. The first-order valence-electron chi connectivity index (χ1n) is 8.41. The summed E-state index contributed by atoms with van der Waals surface area (Å²) in [4.78, 5) is 1.33. The molecule has 0 heterocycles. The van der Waals surface area contributed by atoms with E-state index in [0.717, 1.165) is 15.3 Å². The standard InChI is InChI=1S/C18H28BrNOS2/c1-13(20-23(21)18(2,3)4)16-11-10-15(12-17(16)19)22-14-8-6-5-7-9-14/h10-14,20H,5-9H2,1-4H3/t13-,23?/m1/s1. The minimum absolute atomic E-state index is 0.0539. The van der Waals surface area contributed by atoms with Crippen molar-refractivity contribution in [2.24, 2.45) is 0 Å². The highest BCUT2D eigenvalue weighted by molar-refractivity contribution is 9.10. The molecule has 0 spiro atoms. The summed E-state index contributed by atoms with van der Waals surface area (Å²) in [7, 11) is 0. The van der Waals surface area contributed by atoms with Gasteiger partial charge in [0.1, 0.15) is 4.75 Å². The zero-order valence-electron chi connectivity index (χ0n) is 14.5. The summed E-state index contributed by atoms with van der Waals surface area (Å²) >= 11 is 4.64. The second kappa shape index (κ2) is 8.61. The molecule has 1 fully saturated rings. The Morgan fingerprint density at radius 2 is 1.91 bits per heavy atom. The minimum Gasteiger partial charge on any atom is -0.598 e. The molecule has 130 valence electrons. The summed E-state index contributed by atoms with van der Waals surface area (Å²) in [6.07, 6.45) is 6.82. The van der Waals surface area contributed by atoms with Crippen LogP contribution < -0.4 is 4.72 Å². The molecule has 2 nitrogen and oxygen atoms in total. The number of benzene rings is 1. The van der Waals surface area contributed by atoms with Crippen LogP contribution in [0.4, 0.5) is 0 Å². The highest BCUT2D eigenvalue weighted by atomic mass is 79.9. The van der Waals surface area contributed by atoms with Gasteiger partial charge >= 0.3 is 0 Å². The van der Waals surface area contributed by atoms with E-state index in [9.17, 15) is 4.55 Å². The normalized spacial score (nSPS) is 19.6. The third-order valence-electron chi connectivity index (χ3n) is 4.13. The van der Waals surface area contributed by atoms with Crippen LogP contribution in [-0.2, 0) is 11.4 Å². The molecule has 2 rings (SSSR count). The number of halogens is 1. The van der Waals surface area contributed by atoms with Crippen LogP contribution in [0.3, 0.4) is 0 Å². The Labute approximate surface area is 157 Å². The van der Waals surface area contributed by atoms with E-state index >= 15 is 0 Å². The van der Waals surface area contributed by atoms with Gasteiger partial charge in [-0.2, -0.15) is 0 Å². The van der Waals surface area contributed by atoms with Crippen molar-refractivity contribution in [1.29, 1.82) is 0 Å². The second-order valence-corrected chi connectivity index (χ2v) is 11.5. The molecule has 0 bridgehead atoms. The molecule has 1 aromatic carbocycles. The molecule has 0 aliphatic heterocycles. The highest BCUT2D eigenvalue weighted by Crippen LogP contribution is 2.36. The smallest absolute Gasteiger partial charge is 0.136 e. The van der Waals surface area contributed by atoms with Gasteiger partial charge in [0.2, 0.25) is 0 Å². The van der Waals surface area contributed by atoms with Gasteiger partial charge in [-0.3, -0.25) is 0 Å². The minimum atomic E-state index is -1.06. The van der Waals surface area contributed by atoms with Crippen molar-refractivity contribution in [2.75, 3.05) is 0 Å². The largest absolute Gasteiger partial charge is 0.598 e. The Hall–Kier alpha value is 0.320. The Morgan fingerprint density at radius 3 is 2.48 bits per heavy atom. The molecule has 0 aromatic heterocycles. The van der Waals surface area contributed by atoms with Crippen LogP contribution in [-0.4, -0.2) is 14.5 Å². The van der Waals surface area contributed by atoms with Gasteiger partial charge in [0.05, 0.1) is 6.04 Å². The quantitative estimate of drug-likeness (QED) is 0.597. The summed E-state index contributed by atoms with van der Waals surface area (Å²) in [6.45, 7) is 8.03.